The summed E-state index contributed by atoms with van der Waals surface area (Å²) in [6.07, 6.45) is 2.86. The SMILES string of the molecule is Cc1cnnc(CN2CCN(c3cc(CC(C)C)ccc3-c3nn[nH]n3)CC2)c1. The van der Waals surface area contributed by atoms with Gasteiger partial charge in [-0.25, -0.2) is 0 Å². The van der Waals surface area contributed by atoms with Crippen molar-refractivity contribution >= 4 is 5.69 Å². The van der Waals surface area contributed by atoms with E-state index in [0.29, 0.717) is 11.7 Å². The number of H-pyrrole nitrogens is 1. The van der Waals surface area contributed by atoms with Gasteiger partial charge in [-0.2, -0.15) is 15.4 Å². The number of hydrogen-bond donors (Lipinski definition) is 1. The van der Waals surface area contributed by atoms with Gasteiger partial charge in [-0.1, -0.05) is 19.9 Å². The molecule has 1 aliphatic rings. The zero-order valence-electron chi connectivity index (χ0n) is 17.3. The highest BCUT2D eigenvalue weighted by atomic mass is 15.5. The number of nitrogens with one attached hydrogen (secondary N) is 1. The number of aromatic amines is 1. The molecule has 2 aromatic heterocycles. The molecule has 0 atom stereocenters. The molecule has 8 heteroatoms. The second-order valence-corrected chi connectivity index (χ2v) is 8.17. The van der Waals surface area contributed by atoms with Gasteiger partial charge in [0.2, 0.25) is 5.82 Å². The first-order valence-corrected chi connectivity index (χ1v) is 10.2. The smallest absolute Gasteiger partial charge is 0.206 e. The van der Waals surface area contributed by atoms with Gasteiger partial charge in [0, 0.05) is 44.0 Å². The van der Waals surface area contributed by atoms with E-state index in [0.717, 1.165) is 56.0 Å². The van der Waals surface area contributed by atoms with Gasteiger partial charge in [0.25, 0.3) is 0 Å². The first kappa shape index (κ1) is 19.4. The van der Waals surface area contributed by atoms with E-state index in [2.05, 4.69) is 85.7 Å². The molecule has 1 aliphatic heterocycles. The van der Waals surface area contributed by atoms with Crippen LogP contribution in [0.25, 0.3) is 11.4 Å². The molecule has 29 heavy (non-hydrogen) atoms. The van der Waals surface area contributed by atoms with E-state index in [9.17, 15) is 0 Å². The van der Waals surface area contributed by atoms with Crippen LogP contribution >= 0.6 is 0 Å². The molecule has 0 radical (unpaired) electrons. The first-order chi connectivity index (χ1) is 14.1. The van der Waals surface area contributed by atoms with E-state index in [1.54, 1.807) is 6.20 Å². The average Bonchev–Trinajstić information content (AvgIpc) is 3.23. The Morgan fingerprint density at radius 1 is 1.07 bits per heavy atom. The number of tetrazole rings is 1. The molecule has 0 bridgehead atoms. The fourth-order valence-corrected chi connectivity index (χ4v) is 3.88. The summed E-state index contributed by atoms with van der Waals surface area (Å²) in [6.45, 7) is 11.3. The molecular formula is C21H28N8. The lowest BCUT2D eigenvalue weighted by atomic mass is 9.99. The number of aromatic nitrogens is 6. The van der Waals surface area contributed by atoms with Gasteiger partial charge in [-0.3, -0.25) is 4.90 Å². The maximum absolute atomic E-state index is 4.27. The van der Waals surface area contributed by atoms with E-state index < -0.39 is 0 Å². The lowest BCUT2D eigenvalue weighted by Crippen LogP contribution is -2.46. The predicted octanol–water partition coefficient (Wildman–Crippen LogP) is 2.49. The van der Waals surface area contributed by atoms with Crippen molar-refractivity contribution in [3.63, 3.8) is 0 Å². The van der Waals surface area contributed by atoms with Crippen LogP contribution in [0.1, 0.15) is 30.7 Å². The zero-order valence-corrected chi connectivity index (χ0v) is 17.3. The Bertz CT molecular complexity index is 930. The maximum atomic E-state index is 4.27. The van der Waals surface area contributed by atoms with Gasteiger partial charge in [-0.15, -0.1) is 10.2 Å². The van der Waals surface area contributed by atoms with Gasteiger partial charge in [0.1, 0.15) is 0 Å². The van der Waals surface area contributed by atoms with Crippen molar-refractivity contribution in [2.45, 2.75) is 33.7 Å². The monoisotopic (exact) mass is 392 g/mol. The lowest BCUT2D eigenvalue weighted by molar-refractivity contribution is 0.246. The van der Waals surface area contributed by atoms with Crippen LogP contribution in [-0.2, 0) is 13.0 Å². The quantitative estimate of drug-likeness (QED) is 0.689. The largest absolute Gasteiger partial charge is 0.368 e. The van der Waals surface area contributed by atoms with Crippen LogP contribution in [0.4, 0.5) is 5.69 Å². The third-order valence-electron chi connectivity index (χ3n) is 5.23. The van der Waals surface area contributed by atoms with Crippen LogP contribution in [-0.4, -0.2) is 61.9 Å². The minimum absolute atomic E-state index is 0.617. The third kappa shape index (κ3) is 4.76. The zero-order chi connectivity index (χ0) is 20.2. The Labute approximate surface area is 171 Å². The number of hydrogen-bond acceptors (Lipinski definition) is 7. The second kappa shape index (κ2) is 8.65. The number of rotatable bonds is 6. The summed E-state index contributed by atoms with van der Waals surface area (Å²) in [5, 5.41) is 23.1. The molecule has 0 unspecified atom stereocenters. The Hall–Kier alpha value is -2.87. The Kier molecular flexibility index (Phi) is 5.80. The molecule has 1 aromatic carbocycles. The minimum atomic E-state index is 0.617. The summed E-state index contributed by atoms with van der Waals surface area (Å²) in [7, 11) is 0. The molecule has 1 saturated heterocycles. The van der Waals surface area contributed by atoms with E-state index in [4.69, 9.17) is 0 Å². The number of anilines is 1. The molecule has 1 N–H and O–H groups in total. The predicted molar refractivity (Wildman–Crippen MR) is 112 cm³/mol. The highest BCUT2D eigenvalue weighted by molar-refractivity contribution is 5.75. The third-order valence-corrected chi connectivity index (χ3v) is 5.23. The molecule has 4 rings (SSSR count). The van der Waals surface area contributed by atoms with E-state index in [1.165, 1.54) is 11.3 Å². The Morgan fingerprint density at radius 3 is 2.59 bits per heavy atom. The van der Waals surface area contributed by atoms with Gasteiger partial charge >= 0.3 is 0 Å². The van der Waals surface area contributed by atoms with Crippen LogP contribution < -0.4 is 4.90 Å². The molecule has 0 aliphatic carbocycles. The molecule has 152 valence electrons. The van der Waals surface area contributed by atoms with E-state index >= 15 is 0 Å². The average molecular weight is 393 g/mol. The molecule has 8 nitrogen and oxygen atoms in total. The lowest BCUT2D eigenvalue weighted by Gasteiger charge is -2.36. The topological polar surface area (TPSA) is 86.7 Å². The molecule has 1 fully saturated rings. The molecule has 0 amide bonds. The molecular weight excluding hydrogens is 364 g/mol. The highest BCUT2D eigenvalue weighted by Crippen LogP contribution is 2.31. The van der Waals surface area contributed by atoms with Crippen LogP contribution in [0.2, 0.25) is 0 Å². The molecule has 3 aromatic rings. The Morgan fingerprint density at radius 2 is 1.90 bits per heavy atom. The molecule has 0 saturated carbocycles. The summed E-state index contributed by atoms with van der Waals surface area (Å²) in [4.78, 5) is 4.87. The van der Waals surface area contributed by atoms with Gasteiger partial charge in [-0.05, 0) is 53.8 Å². The summed E-state index contributed by atoms with van der Waals surface area (Å²) in [5.74, 6) is 1.26. The standard InChI is InChI=1S/C21H28N8/c1-15(2)10-17-4-5-19(21-24-26-27-25-21)20(12-17)29-8-6-28(7-9-29)14-18-11-16(3)13-22-23-18/h4-5,11-13,15H,6-10,14H2,1-3H3,(H,24,25,26,27). The van der Waals surface area contributed by atoms with Crippen molar-refractivity contribution in [2.75, 3.05) is 31.1 Å². The fraction of sp³-hybridized carbons (Fsp3) is 0.476. The summed E-state index contributed by atoms with van der Waals surface area (Å²) >= 11 is 0. The number of aryl methyl sites for hydroxylation is 1. The van der Waals surface area contributed by atoms with Crippen molar-refractivity contribution in [2.24, 2.45) is 5.92 Å². The summed E-state index contributed by atoms with van der Waals surface area (Å²) in [5.41, 5.74) is 5.76. The minimum Gasteiger partial charge on any atom is -0.368 e. The number of nitrogens with zero attached hydrogens (tertiary/aromatic N) is 7. The van der Waals surface area contributed by atoms with Crippen LogP contribution in [0, 0.1) is 12.8 Å². The van der Waals surface area contributed by atoms with Gasteiger partial charge < -0.3 is 4.90 Å². The molecule has 3 heterocycles. The van der Waals surface area contributed by atoms with Crippen LogP contribution in [0.15, 0.2) is 30.5 Å². The Balaban J connectivity index is 1.50. The maximum Gasteiger partial charge on any atom is 0.206 e. The van der Waals surface area contributed by atoms with E-state index in [-0.39, 0.29) is 0 Å². The van der Waals surface area contributed by atoms with Crippen molar-refractivity contribution in [1.29, 1.82) is 0 Å². The molecule has 0 spiro atoms. The fourth-order valence-electron chi connectivity index (χ4n) is 3.88. The van der Waals surface area contributed by atoms with Crippen LogP contribution in [0.5, 0.6) is 0 Å². The van der Waals surface area contributed by atoms with E-state index in [1.807, 2.05) is 0 Å². The van der Waals surface area contributed by atoms with Crippen molar-refractivity contribution < 1.29 is 0 Å². The van der Waals surface area contributed by atoms with Crippen molar-refractivity contribution in [3.05, 3.63) is 47.3 Å². The first-order valence-electron chi connectivity index (χ1n) is 10.2. The summed E-state index contributed by atoms with van der Waals surface area (Å²) < 4.78 is 0. The second-order valence-electron chi connectivity index (χ2n) is 8.17. The van der Waals surface area contributed by atoms with Gasteiger partial charge in [0.15, 0.2) is 0 Å². The van der Waals surface area contributed by atoms with Gasteiger partial charge in [0.05, 0.1) is 11.9 Å². The van der Waals surface area contributed by atoms with Crippen LogP contribution in [0.3, 0.4) is 0 Å². The normalized spacial score (nSPS) is 15.2. The summed E-state index contributed by atoms with van der Waals surface area (Å²) in [6, 6.07) is 8.73. The highest BCUT2D eigenvalue weighted by Gasteiger charge is 2.22. The van der Waals surface area contributed by atoms with Crippen molar-refractivity contribution in [1.82, 2.24) is 35.7 Å². The van der Waals surface area contributed by atoms with Crippen molar-refractivity contribution in [3.8, 4) is 11.4 Å². The number of benzene rings is 1. The number of piperazine rings is 1.